The van der Waals surface area contributed by atoms with Gasteiger partial charge in [0.25, 0.3) is 0 Å². The largest absolute Gasteiger partial charge is 0.480 e. The summed E-state index contributed by atoms with van der Waals surface area (Å²) in [6.45, 7) is -0.717. The van der Waals surface area contributed by atoms with Crippen LogP contribution in [0.2, 0.25) is 0 Å². The van der Waals surface area contributed by atoms with Gasteiger partial charge in [0.2, 0.25) is 17.7 Å². The van der Waals surface area contributed by atoms with Crippen LogP contribution in [0.4, 0.5) is 0 Å². The Morgan fingerprint density at radius 3 is 2.17 bits per heavy atom. The fraction of sp³-hybridized carbons (Fsp3) is 0.357. The number of hydrogen-bond acceptors (Lipinski definition) is 7. The second kappa shape index (κ2) is 15.1. The molecule has 11 nitrogen and oxygen atoms in total. The summed E-state index contributed by atoms with van der Waals surface area (Å²) in [5.41, 5.74) is 8.14. The van der Waals surface area contributed by atoms with Crippen molar-refractivity contribution in [2.75, 3.05) is 18.6 Å². The molecule has 0 aliphatic carbocycles. The molecule has 3 rings (SSSR count). The minimum atomic E-state index is -1.35. The number of H-pyrrole nitrogens is 1. The number of rotatable bonds is 15. The highest BCUT2D eigenvalue weighted by Gasteiger charge is 2.30. The van der Waals surface area contributed by atoms with Gasteiger partial charge >= 0.3 is 5.97 Å². The highest BCUT2D eigenvalue weighted by molar-refractivity contribution is 7.98. The van der Waals surface area contributed by atoms with Crippen molar-refractivity contribution in [1.29, 1.82) is 0 Å². The lowest BCUT2D eigenvalue weighted by Crippen LogP contribution is -2.58. The van der Waals surface area contributed by atoms with Crippen LogP contribution in [-0.2, 0) is 32.0 Å². The van der Waals surface area contributed by atoms with Crippen molar-refractivity contribution in [3.63, 3.8) is 0 Å². The number of aromatic nitrogens is 1. The molecule has 0 saturated carbocycles. The summed E-state index contributed by atoms with van der Waals surface area (Å²) >= 11 is 1.52. The van der Waals surface area contributed by atoms with Gasteiger partial charge in [0, 0.05) is 29.9 Å². The molecule has 0 spiro atoms. The van der Waals surface area contributed by atoms with Gasteiger partial charge in [-0.2, -0.15) is 11.8 Å². The van der Waals surface area contributed by atoms with Gasteiger partial charge in [0.15, 0.2) is 0 Å². The molecule has 0 saturated heterocycles. The summed E-state index contributed by atoms with van der Waals surface area (Å²) in [7, 11) is 0. The van der Waals surface area contributed by atoms with E-state index in [1.807, 2.05) is 30.5 Å². The molecule has 40 heavy (non-hydrogen) atoms. The van der Waals surface area contributed by atoms with Crippen LogP contribution in [0, 0.1) is 0 Å². The first-order valence-corrected chi connectivity index (χ1v) is 14.2. The average Bonchev–Trinajstić information content (AvgIpc) is 3.36. The fourth-order valence-electron chi connectivity index (χ4n) is 4.17. The number of aromatic amines is 1. The predicted octanol–water partition coefficient (Wildman–Crippen LogP) is 0.565. The fourth-order valence-corrected chi connectivity index (χ4v) is 4.66. The SMILES string of the molecule is CSCCC(N)C(=O)NC(CO)C(=O)NC(Cc1ccccc1)C(=O)NC(Cc1c[nH]c2ccccc12)C(=O)O. The second-order valence-electron chi connectivity index (χ2n) is 9.35. The molecule has 3 aromatic rings. The normalized spacial score (nSPS) is 14.1. The Morgan fingerprint density at radius 1 is 0.875 bits per heavy atom. The minimum Gasteiger partial charge on any atom is -0.480 e. The Morgan fingerprint density at radius 2 is 1.50 bits per heavy atom. The van der Waals surface area contributed by atoms with E-state index < -0.39 is 54.5 Å². The van der Waals surface area contributed by atoms with Gasteiger partial charge in [-0.05, 0) is 35.6 Å². The van der Waals surface area contributed by atoms with Crippen molar-refractivity contribution in [1.82, 2.24) is 20.9 Å². The van der Waals surface area contributed by atoms with Gasteiger partial charge in [-0.3, -0.25) is 14.4 Å². The Hall–Kier alpha value is -3.87. The van der Waals surface area contributed by atoms with E-state index in [4.69, 9.17) is 5.73 Å². The van der Waals surface area contributed by atoms with Gasteiger partial charge in [0.1, 0.15) is 18.1 Å². The number of carboxylic acid groups (broad SMARTS) is 1. The number of amides is 3. The first-order chi connectivity index (χ1) is 19.2. The Labute approximate surface area is 236 Å². The molecule has 0 fully saturated rings. The van der Waals surface area contributed by atoms with Crippen molar-refractivity contribution >= 4 is 46.4 Å². The number of carboxylic acids is 1. The maximum atomic E-state index is 13.4. The molecular weight excluding hydrogens is 534 g/mol. The van der Waals surface area contributed by atoms with Gasteiger partial charge in [-0.15, -0.1) is 0 Å². The van der Waals surface area contributed by atoms with Crippen LogP contribution >= 0.6 is 11.8 Å². The molecule has 0 radical (unpaired) electrons. The van der Waals surface area contributed by atoms with E-state index in [-0.39, 0.29) is 12.8 Å². The number of benzene rings is 2. The van der Waals surface area contributed by atoms with Crippen molar-refractivity contribution in [2.45, 2.75) is 43.4 Å². The Balaban J connectivity index is 1.75. The maximum absolute atomic E-state index is 13.4. The average molecular weight is 570 g/mol. The molecule has 8 N–H and O–H groups in total. The second-order valence-corrected chi connectivity index (χ2v) is 10.3. The van der Waals surface area contributed by atoms with E-state index in [0.717, 1.165) is 16.5 Å². The third-order valence-electron chi connectivity index (χ3n) is 6.41. The third-order valence-corrected chi connectivity index (χ3v) is 7.06. The van der Waals surface area contributed by atoms with Crippen molar-refractivity contribution in [3.8, 4) is 0 Å². The molecule has 214 valence electrons. The van der Waals surface area contributed by atoms with Gasteiger partial charge in [0.05, 0.1) is 12.6 Å². The molecule has 1 heterocycles. The van der Waals surface area contributed by atoms with Crippen LogP contribution in [0.1, 0.15) is 17.5 Å². The number of aliphatic hydroxyl groups is 1. The van der Waals surface area contributed by atoms with Gasteiger partial charge in [-0.1, -0.05) is 48.5 Å². The maximum Gasteiger partial charge on any atom is 0.326 e. The molecule has 3 amide bonds. The first kappa shape index (κ1) is 30.7. The lowest BCUT2D eigenvalue weighted by molar-refractivity contribution is -0.142. The van der Waals surface area contributed by atoms with Crippen LogP contribution in [0.5, 0.6) is 0 Å². The van der Waals surface area contributed by atoms with E-state index in [9.17, 15) is 29.4 Å². The summed E-state index contributed by atoms with van der Waals surface area (Å²) in [5, 5.41) is 28.0. The van der Waals surface area contributed by atoms with Crippen LogP contribution in [0.15, 0.2) is 60.8 Å². The van der Waals surface area contributed by atoms with Crippen LogP contribution < -0.4 is 21.7 Å². The van der Waals surface area contributed by atoms with Crippen LogP contribution in [-0.4, -0.2) is 81.7 Å². The highest BCUT2D eigenvalue weighted by atomic mass is 32.2. The van der Waals surface area contributed by atoms with Crippen LogP contribution in [0.25, 0.3) is 10.9 Å². The zero-order chi connectivity index (χ0) is 29.1. The summed E-state index contributed by atoms with van der Waals surface area (Å²) < 4.78 is 0. The lowest BCUT2D eigenvalue weighted by Gasteiger charge is -2.24. The van der Waals surface area contributed by atoms with E-state index in [0.29, 0.717) is 17.7 Å². The summed E-state index contributed by atoms with van der Waals surface area (Å²) in [4.78, 5) is 54.0. The molecule has 0 bridgehead atoms. The number of fused-ring (bicyclic) bond motifs is 1. The minimum absolute atomic E-state index is 0.0142. The highest BCUT2D eigenvalue weighted by Crippen LogP contribution is 2.19. The number of aliphatic carboxylic acids is 1. The number of carbonyl (C=O) groups excluding carboxylic acids is 3. The zero-order valence-electron chi connectivity index (χ0n) is 22.1. The molecule has 1 aromatic heterocycles. The van der Waals surface area contributed by atoms with E-state index in [1.54, 1.807) is 36.5 Å². The molecule has 12 heteroatoms. The van der Waals surface area contributed by atoms with Crippen molar-refractivity contribution in [3.05, 3.63) is 71.9 Å². The Bertz CT molecular complexity index is 1300. The van der Waals surface area contributed by atoms with Crippen molar-refractivity contribution in [2.24, 2.45) is 5.73 Å². The number of thioether (sulfide) groups is 1. The monoisotopic (exact) mass is 569 g/mol. The van der Waals surface area contributed by atoms with Gasteiger partial charge < -0.3 is 36.9 Å². The molecule has 4 atom stereocenters. The predicted molar refractivity (Wildman–Crippen MR) is 154 cm³/mol. The first-order valence-electron chi connectivity index (χ1n) is 12.8. The quantitative estimate of drug-likeness (QED) is 0.138. The summed E-state index contributed by atoms with van der Waals surface area (Å²) in [5.74, 6) is -2.70. The number of aliphatic hydroxyl groups excluding tert-OH is 1. The zero-order valence-corrected chi connectivity index (χ0v) is 22.9. The topological polar surface area (TPSA) is 187 Å². The molecule has 0 aliphatic rings. The van der Waals surface area contributed by atoms with Crippen LogP contribution in [0.3, 0.4) is 0 Å². The molecule has 2 aromatic carbocycles. The summed E-state index contributed by atoms with van der Waals surface area (Å²) in [6, 6.07) is 11.6. The third kappa shape index (κ3) is 8.57. The Kier molecular flexibility index (Phi) is 11.5. The molecular formula is C28H35N5O6S. The number of para-hydroxylation sites is 1. The number of hydrogen-bond donors (Lipinski definition) is 7. The smallest absolute Gasteiger partial charge is 0.326 e. The molecule has 0 aliphatic heterocycles. The van der Waals surface area contributed by atoms with E-state index >= 15 is 0 Å². The number of nitrogens with two attached hydrogens (primary N) is 1. The lowest BCUT2D eigenvalue weighted by atomic mass is 10.0. The van der Waals surface area contributed by atoms with E-state index in [1.165, 1.54) is 11.8 Å². The molecule has 4 unspecified atom stereocenters. The number of carbonyl (C=O) groups is 4. The van der Waals surface area contributed by atoms with E-state index in [2.05, 4.69) is 20.9 Å². The van der Waals surface area contributed by atoms with Crippen molar-refractivity contribution < 1.29 is 29.4 Å². The number of nitrogens with one attached hydrogen (secondary N) is 4. The van der Waals surface area contributed by atoms with Gasteiger partial charge in [-0.25, -0.2) is 4.79 Å². The summed E-state index contributed by atoms with van der Waals surface area (Å²) in [6.07, 6.45) is 4.03. The standard InChI is InChI=1S/C28H35N5O6S/c1-40-12-11-20(29)25(35)33-24(16-34)27(37)31-22(13-17-7-3-2-4-8-17)26(36)32-23(28(38)39)14-18-15-30-21-10-6-5-9-19(18)21/h2-10,15,20,22-24,30,34H,11-14,16,29H2,1H3,(H,31,37)(H,32,36)(H,33,35)(H,38,39).